The van der Waals surface area contributed by atoms with Crippen molar-refractivity contribution in [1.29, 1.82) is 0 Å². The minimum atomic E-state index is -4.49. The molecule has 0 amide bonds. The van der Waals surface area contributed by atoms with E-state index in [9.17, 15) is 17.6 Å². The van der Waals surface area contributed by atoms with Crippen molar-refractivity contribution < 1.29 is 17.6 Å². The van der Waals surface area contributed by atoms with Gasteiger partial charge in [-0.05, 0) is 36.6 Å². The van der Waals surface area contributed by atoms with Crippen molar-refractivity contribution in [2.75, 3.05) is 0 Å². The summed E-state index contributed by atoms with van der Waals surface area (Å²) in [5.41, 5.74) is -1.85. The highest BCUT2D eigenvalue weighted by Gasteiger charge is 2.48. The Kier molecular flexibility index (Phi) is 2.23. The predicted octanol–water partition coefficient (Wildman–Crippen LogP) is 3.51. The van der Waals surface area contributed by atoms with Crippen molar-refractivity contribution in [3.05, 3.63) is 35.1 Å². The van der Waals surface area contributed by atoms with Crippen LogP contribution in [0, 0.1) is 18.2 Å². The van der Waals surface area contributed by atoms with Crippen molar-refractivity contribution in [3.63, 3.8) is 0 Å². The summed E-state index contributed by atoms with van der Waals surface area (Å²) in [5, 5.41) is 0. The molecular formula is C12H8F4. The second-order valence-electron chi connectivity index (χ2n) is 3.91. The maximum absolute atomic E-state index is 13.0. The Bertz CT molecular complexity index is 461. The zero-order valence-electron chi connectivity index (χ0n) is 8.24. The molecule has 16 heavy (non-hydrogen) atoms. The van der Waals surface area contributed by atoms with Gasteiger partial charge in [-0.2, -0.15) is 13.2 Å². The Balaban J connectivity index is 2.60. The standard InChI is InChI=1S/C12H8F4/c1-2-11(5-6-11)10-7-8(13)3-4-9(10)12(14,15)16/h1,3-4,7H,5-6H2. The van der Waals surface area contributed by atoms with Gasteiger partial charge in [0.2, 0.25) is 0 Å². The molecule has 1 saturated carbocycles. The van der Waals surface area contributed by atoms with E-state index in [1.54, 1.807) is 0 Å². The first-order valence-electron chi connectivity index (χ1n) is 4.74. The van der Waals surface area contributed by atoms with Crippen molar-refractivity contribution in [2.45, 2.75) is 24.4 Å². The molecule has 0 spiro atoms. The number of rotatable bonds is 1. The first-order valence-corrected chi connectivity index (χ1v) is 4.74. The normalized spacial score (nSPS) is 17.9. The quantitative estimate of drug-likeness (QED) is 0.509. The summed E-state index contributed by atoms with van der Waals surface area (Å²) in [7, 11) is 0. The molecule has 84 valence electrons. The molecule has 0 bridgehead atoms. The smallest absolute Gasteiger partial charge is 0.207 e. The van der Waals surface area contributed by atoms with E-state index in [1.165, 1.54) is 0 Å². The van der Waals surface area contributed by atoms with Gasteiger partial charge in [-0.15, -0.1) is 6.42 Å². The lowest BCUT2D eigenvalue weighted by atomic mass is 9.91. The van der Waals surface area contributed by atoms with Crippen LogP contribution in [0.2, 0.25) is 0 Å². The molecule has 0 radical (unpaired) electrons. The van der Waals surface area contributed by atoms with Crippen LogP contribution in [0.4, 0.5) is 17.6 Å². The molecule has 1 aromatic rings. The molecule has 1 aromatic carbocycles. The van der Waals surface area contributed by atoms with Gasteiger partial charge >= 0.3 is 6.18 Å². The molecule has 0 heterocycles. The fourth-order valence-electron chi connectivity index (χ4n) is 1.78. The monoisotopic (exact) mass is 228 g/mol. The third-order valence-corrected chi connectivity index (χ3v) is 2.83. The van der Waals surface area contributed by atoms with Crippen molar-refractivity contribution in [3.8, 4) is 12.3 Å². The highest BCUT2D eigenvalue weighted by atomic mass is 19.4. The lowest BCUT2D eigenvalue weighted by Crippen LogP contribution is -2.15. The average molecular weight is 228 g/mol. The van der Waals surface area contributed by atoms with E-state index in [0.29, 0.717) is 12.8 Å². The van der Waals surface area contributed by atoms with Crippen molar-refractivity contribution in [2.24, 2.45) is 0 Å². The third-order valence-electron chi connectivity index (χ3n) is 2.83. The van der Waals surface area contributed by atoms with Gasteiger partial charge in [0.1, 0.15) is 5.82 Å². The minimum Gasteiger partial charge on any atom is -0.207 e. The van der Waals surface area contributed by atoms with Crippen LogP contribution < -0.4 is 0 Å². The van der Waals surface area contributed by atoms with Gasteiger partial charge in [0, 0.05) is 0 Å². The predicted molar refractivity (Wildman–Crippen MR) is 51.1 cm³/mol. The molecule has 1 aliphatic carbocycles. The van der Waals surface area contributed by atoms with Crippen molar-refractivity contribution in [1.82, 2.24) is 0 Å². The first-order chi connectivity index (χ1) is 7.39. The van der Waals surface area contributed by atoms with E-state index >= 15 is 0 Å². The Hall–Kier alpha value is -1.50. The summed E-state index contributed by atoms with van der Waals surface area (Å²) in [6, 6.07) is 2.46. The SMILES string of the molecule is C#CC1(c2cc(F)ccc2C(F)(F)F)CC1. The molecule has 0 nitrogen and oxygen atoms in total. The van der Waals surface area contributed by atoms with E-state index in [0.717, 1.165) is 18.2 Å². The number of hydrogen-bond acceptors (Lipinski definition) is 0. The molecule has 0 atom stereocenters. The van der Waals surface area contributed by atoms with Gasteiger partial charge in [-0.1, -0.05) is 5.92 Å². The molecule has 4 heteroatoms. The van der Waals surface area contributed by atoms with Crippen LogP contribution in [0.3, 0.4) is 0 Å². The van der Waals surface area contributed by atoms with Crippen LogP contribution >= 0.6 is 0 Å². The number of terminal acetylenes is 1. The van der Waals surface area contributed by atoms with Crippen molar-refractivity contribution >= 4 is 0 Å². The maximum atomic E-state index is 13.0. The Morgan fingerprint density at radius 1 is 1.25 bits per heavy atom. The Labute approximate surface area is 90.3 Å². The molecule has 0 N–H and O–H groups in total. The van der Waals surface area contributed by atoms with E-state index < -0.39 is 23.0 Å². The first kappa shape index (κ1) is 11.0. The fourth-order valence-corrected chi connectivity index (χ4v) is 1.78. The van der Waals surface area contributed by atoms with E-state index in [1.807, 2.05) is 0 Å². The number of hydrogen-bond donors (Lipinski definition) is 0. The number of halogens is 4. The molecule has 0 unspecified atom stereocenters. The molecule has 0 aromatic heterocycles. The Morgan fingerprint density at radius 3 is 2.31 bits per heavy atom. The molecule has 1 fully saturated rings. The Morgan fingerprint density at radius 2 is 1.88 bits per heavy atom. The van der Waals surface area contributed by atoms with Gasteiger partial charge in [-0.3, -0.25) is 0 Å². The summed E-state index contributed by atoms with van der Waals surface area (Å²) < 4.78 is 51.0. The minimum absolute atomic E-state index is 0.109. The lowest BCUT2D eigenvalue weighted by molar-refractivity contribution is -0.138. The van der Waals surface area contributed by atoms with E-state index in [2.05, 4.69) is 5.92 Å². The maximum Gasteiger partial charge on any atom is 0.416 e. The summed E-state index contributed by atoms with van der Waals surface area (Å²) in [6.07, 6.45) is 1.70. The zero-order chi connectivity index (χ0) is 12.0. The molecule has 2 rings (SSSR count). The van der Waals surface area contributed by atoms with Gasteiger partial charge in [0.25, 0.3) is 0 Å². The fraction of sp³-hybridized carbons (Fsp3) is 0.333. The largest absolute Gasteiger partial charge is 0.416 e. The summed E-state index contributed by atoms with van der Waals surface area (Å²) >= 11 is 0. The third kappa shape index (κ3) is 1.67. The second-order valence-corrected chi connectivity index (χ2v) is 3.91. The van der Waals surface area contributed by atoms with Gasteiger partial charge < -0.3 is 0 Å². The highest BCUT2D eigenvalue weighted by molar-refractivity contribution is 5.46. The number of alkyl halides is 3. The number of benzene rings is 1. The van der Waals surface area contributed by atoms with Gasteiger partial charge in [0.15, 0.2) is 0 Å². The molecule has 0 saturated heterocycles. The van der Waals surface area contributed by atoms with Crippen LogP contribution in [-0.4, -0.2) is 0 Å². The van der Waals surface area contributed by atoms with Crippen LogP contribution in [0.5, 0.6) is 0 Å². The molecule has 0 aliphatic heterocycles. The van der Waals surface area contributed by atoms with Gasteiger partial charge in [-0.25, -0.2) is 4.39 Å². The highest BCUT2D eigenvalue weighted by Crippen LogP contribution is 2.51. The summed E-state index contributed by atoms with van der Waals surface area (Å²) in [4.78, 5) is 0. The molecule has 1 aliphatic rings. The van der Waals surface area contributed by atoms with Crippen LogP contribution in [0.25, 0.3) is 0 Å². The lowest BCUT2D eigenvalue weighted by Gasteiger charge is -2.16. The zero-order valence-corrected chi connectivity index (χ0v) is 8.24. The van der Waals surface area contributed by atoms with E-state index in [-0.39, 0.29) is 5.56 Å². The average Bonchev–Trinajstić information content (AvgIpc) is 2.96. The molecular weight excluding hydrogens is 220 g/mol. The second kappa shape index (κ2) is 3.24. The van der Waals surface area contributed by atoms with Crippen LogP contribution in [-0.2, 0) is 11.6 Å². The van der Waals surface area contributed by atoms with E-state index in [4.69, 9.17) is 6.42 Å². The summed E-state index contributed by atoms with van der Waals surface area (Å²) in [5.74, 6) is 1.65. The van der Waals surface area contributed by atoms with Crippen LogP contribution in [0.1, 0.15) is 24.0 Å². The summed E-state index contributed by atoms with van der Waals surface area (Å²) in [6.45, 7) is 0. The van der Waals surface area contributed by atoms with Crippen LogP contribution in [0.15, 0.2) is 18.2 Å². The topological polar surface area (TPSA) is 0 Å². The van der Waals surface area contributed by atoms with Gasteiger partial charge in [0.05, 0.1) is 11.0 Å².